The molecule has 1 aliphatic heterocycles. The summed E-state index contributed by atoms with van der Waals surface area (Å²) in [6.45, 7) is 7.64. The van der Waals surface area contributed by atoms with Crippen LogP contribution in [0.25, 0.3) is 0 Å². The van der Waals surface area contributed by atoms with Gasteiger partial charge in [-0.25, -0.2) is 4.39 Å². The van der Waals surface area contributed by atoms with Crippen LogP contribution >= 0.6 is 11.8 Å². The Labute approximate surface area is 159 Å². The molecule has 0 saturated carbocycles. The van der Waals surface area contributed by atoms with Gasteiger partial charge in [-0.1, -0.05) is 12.1 Å². The van der Waals surface area contributed by atoms with Crippen molar-refractivity contribution in [2.75, 3.05) is 32.4 Å². The van der Waals surface area contributed by atoms with Gasteiger partial charge in [0, 0.05) is 37.1 Å². The second-order valence-electron chi connectivity index (χ2n) is 6.91. The quantitative estimate of drug-likeness (QED) is 0.763. The first-order valence-electron chi connectivity index (χ1n) is 9.07. The first-order valence-corrected chi connectivity index (χ1v) is 10.3. The molecule has 0 radical (unpaired) electrons. The summed E-state index contributed by atoms with van der Waals surface area (Å²) in [6, 6.07) is 14.0. The van der Waals surface area contributed by atoms with E-state index in [2.05, 4.69) is 35.5 Å². The predicted octanol–water partition coefficient (Wildman–Crippen LogP) is 4.27. The molecule has 0 amide bonds. The Kier molecular flexibility index (Phi) is 6.57. The highest BCUT2D eigenvalue weighted by atomic mass is 32.2. The van der Waals surface area contributed by atoms with Crippen LogP contribution in [0.15, 0.2) is 47.4 Å². The van der Waals surface area contributed by atoms with Gasteiger partial charge in [-0.15, -0.1) is 11.8 Å². The van der Waals surface area contributed by atoms with Crippen molar-refractivity contribution in [2.24, 2.45) is 0 Å². The summed E-state index contributed by atoms with van der Waals surface area (Å²) in [4.78, 5) is 3.59. The van der Waals surface area contributed by atoms with E-state index in [4.69, 9.17) is 4.74 Å². The number of piperazine rings is 1. The molecule has 0 bridgehead atoms. The van der Waals surface area contributed by atoms with Crippen molar-refractivity contribution >= 4 is 11.8 Å². The van der Waals surface area contributed by atoms with Crippen LogP contribution in [-0.2, 0) is 0 Å². The highest BCUT2D eigenvalue weighted by molar-refractivity contribution is 7.98. The van der Waals surface area contributed by atoms with E-state index >= 15 is 0 Å². The average molecular weight is 375 g/mol. The second kappa shape index (κ2) is 8.89. The molecule has 1 heterocycles. The fourth-order valence-electron chi connectivity index (χ4n) is 3.25. The first kappa shape index (κ1) is 19.2. The predicted molar refractivity (Wildman–Crippen MR) is 107 cm³/mol. The lowest BCUT2D eigenvalue weighted by atomic mass is 10.1. The summed E-state index contributed by atoms with van der Waals surface area (Å²) >= 11 is 1.70. The Morgan fingerprint density at radius 3 is 2.69 bits per heavy atom. The summed E-state index contributed by atoms with van der Waals surface area (Å²) in [5, 5.41) is 3.46. The number of benzene rings is 2. The molecular weight excluding hydrogens is 347 g/mol. The van der Waals surface area contributed by atoms with Gasteiger partial charge in [0.1, 0.15) is 17.7 Å². The topological polar surface area (TPSA) is 24.5 Å². The van der Waals surface area contributed by atoms with E-state index in [0.717, 1.165) is 37.5 Å². The number of aryl methyl sites for hydroxylation is 1. The number of ether oxygens (including phenoxy) is 1. The fourth-order valence-corrected chi connectivity index (χ4v) is 3.66. The summed E-state index contributed by atoms with van der Waals surface area (Å²) in [5.41, 5.74) is 1.54. The van der Waals surface area contributed by atoms with Crippen molar-refractivity contribution < 1.29 is 9.13 Å². The zero-order valence-electron chi connectivity index (χ0n) is 15.7. The largest absolute Gasteiger partial charge is 0.484 e. The lowest BCUT2D eigenvalue weighted by Crippen LogP contribution is -2.50. The van der Waals surface area contributed by atoms with Crippen LogP contribution in [0.3, 0.4) is 0 Å². The lowest BCUT2D eigenvalue weighted by molar-refractivity contribution is 0.112. The second-order valence-corrected chi connectivity index (χ2v) is 7.79. The molecule has 1 unspecified atom stereocenters. The van der Waals surface area contributed by atoms with Crippen LogP contribution < -0.4 is 10.1 Å². The molecule has 0 aliphatic carbocycles. The average Bonchev–Trinajstić information content (AvgIpc) is 2.64. The maximum absolute atomic E-state index is 14.1. The third kappa shape index (κ3) is 5.00. The maximum atomic E-state index is 14.1. The molecule has 5 heteroatoms. The van der Waals surface area contributed by atoms with Crippen molar-refractivity contribution in [1.29, 1.82) is 0 Å². The molecule has 1 N–H and O–H groups in total. The van der Waals surface area contributed by atoms with Gasteiger partial charge >= 0.3 is 0 Å². The number of hydrogen-bond donors (Lipinski definition) is 1. The van der Waals surface area contributed by atoms with Gasteiger partial charge in [-0.05, 0) is 61.6 Å². The summed E-state index contributed by atoms with van der Waals surface area (Å²) in [7, 11) is 0. The van der Waals surface area contributed by atoms with Gasteiger partial charge in [0.2, 0.25) is 0 Å². The minimum atomic E-state index is -0.199. The van der Waals surface area contributed by atoms with Gasteiger partial charge < -0.3 is 10.1 Å². The molecule has 0 aromatic heterocycles. The molecule has 2 aromatic carbocycles. The van der Waals surface area contributed by atoms with Crippen molar-refractivity contribution in [3.8, 4) is 5.75 Å². The van der Waals surface area contributed by atoms with Crippen LogP contribution in [0, 0.1) is 12.7 Å². The van der Waals surface area contributed by atoms with Crippen molar-refractivity contribution in [1.82, 2.24) is 10.2 Å². The highest BCUT2D eigenvalue weighted by Gasteiger charge is 2.22. The van der Waals surface area contributed by atoms with Crippen LogP contribution in [0.1, 0.15) is 24.2 Å². The normalized spacial score (nSPS) is 19.3. The smallest absolute Gasteiger partial charge is 0.136 e. The Bertz CT molecular complexity index is 722. The van der Waals surface area contributed by atoms with Crippen molar-refractivity contribution in [3.05, 3.63) is 59.4 Å². The van der Waals surface area contributed by atoms with Gasteiger partial charge in [0.05, 0.1) is 0 Å². The van der Waals surface area contributed by atoms with E-state index in [1.807, 2.05) is 24.3 Å². The molecule has 1 fully saturated rings. The minimum absolute atomic E-state index is 0.178. The Hall–Kier alpha value is -1.56. The third-order valence-corrected chi connectivity index (χ3v) is 5.53. The van der Waals surface area contributed by atoms with Crippen LogP contribution in [0.4, 0.5) is 4.39 Å². The molecule has 1 saturated heterocycles. The van der Waals surface area contributed by atoms with Gasteiger partial charge in [0.25, 0.3) is 0 Å². The molecule has 140 valence electrons. The number of nitrogens with zero attached hydrogens (tertiary/aromatic N) is 1. The van der Waals surface area contributed by atoms with Crippen LogP contribution in [0.2, 0.25) is 0 Å². The molecule has 2 atom stereocenters. The SMILES string of the molecule is CSc1ccc(OC(CN2CCN[C@H](C)C2)c2ccc(C)c(F)c2)cc1. The molecule has 2 aromatic rings. The van der Waals surface area contributed by atoms with Crippen LogP contribution in [-0.4, -0.2) is 43.4 Å². The molecular formula is C21H27FN2OS. The van der Waals surface area contributed by atoms with E-state index in [9.17, 15) is 4.39 Å². The number of halogens is 1. The van der Waals surface area contributed by atoms with Crippen LogP contribution in [0.5, 0.6) is 5.75 Å². The summed E-state index contributed by atoms with van der Waals surface area (Å²) in [5.74, 6) is 0.638. The number of thioether (sulfide) groups is 1. The molecule has 26 heavy (non-hydrogen) atoms. The van der Waals surface area contributed by atoms with E-state index in [-0.39, 0.29) is 11.9 Å². The third-order valence-electron chi connectivity index (χ3n) is 4.78. The highest BCUT2D eigenvalue weighted by Crippen LogP contribution is 2.27. The fraction of sp³-hybridized carbons (Fsp3) is 0.429. The van der Waals surface area contributed by atoms with Crippen molar-refractivity contribution in [2.45, 2.75) is 30.9 Å². The standard InChI is InChI=1S/C21H27FN2OS/c1-15-4-5-17(12-20(15)22)21(14-24-11-10-23-16(2)13-24)25-18-6-8-19(26-3)9-7-18/h4-9,12,16,21,23H,10-11,13-14H2,1-3H3/t16-,21?/m1/s1. The van der Waals surface area contributed by atoms with Gasteiger partial charge in [0.15, 0.2) is 0 Å². The lowest BCUT2D eigenvalue weighted by Gasteiger charge is -2.34. The Morgan fingerprint density at radius 2 is 2.04 bits per heavy atom. The maximum Gasteiger partial charge on any atom is 0.136 e. The summed E-state index contributed by atoms with van der Waals surface area (Å²) < 4.78 is 20.4. The minimum Gasteiger partial charge on any atom is -0.484 e. The monoisotopic (exact) mass is 374 g/mol. The molecule has 3 rings (SSSR count). The van der Waals surface area contributed by atoms with Crippen molar-refractivity contribution in [3.63, 3.8) is 0 Å². The Morgan fingerprint density at radius 1 is 1.27 bits per heavy atom. The number of nitrogens with one attached hydrogen (secondary N) is 1. The molecule has 1 aliphatic rings. The zero-order chi connectivity index (χ0) is 18.5. The summed E-state index contributed by atoms with van der Waals surface area (Å²) in [6.07, 6.45) is 1.86. The zero-order valence-corrected chi connectivity index (χ0v) is 16.5. The molecule has 0 spiro atoms. The van der Waals surface area contributed by atoms with E-state index in [1.54, 1.807) is 24.8 Å². The Balaban J connectivity index is 1.80. The van der Waals surface area contributed by atoms with E-state index < -0.39 is 0 Å². The van der Waals surface area contributed by atoms with Gasteiger partial charge in [-0.3, -0.25) is 4.90 Å². The van der Waals surface area contributed by atoms with Gasteiger partial charge in [-0.2, -0.15) is 0 Å². The number of rotatable bonds is 6. The first-order chi connectivity index (χ1) is 12.5. The van der Waals surface area contributed by atoms with E-state index in [0.29, 0.717) is 11.6 Å². The van der Waals surface area contributed by atoms with E-state index in [1.165, 1.54) is 4.90 Å². The number of hydrogen-bond acceptors (Lipinski definition) is 4. The molecule has 3 nitrogen and oxygen atoms in total.